The second kappa shape index (κ2) is 9.07. The van der Waals surface area contributed by atoms with E-state index in [4.69, 9.17) is 0 Å². The highest BCUT2D eigenvalue weighted by molar-refractivity contribution is 7.89. The summed E-state index contributed by atoms with van der Waals surface area (Å²) in [5.41, 5.74) is 2.32. The van der Waals surface area contributed by atoms with Gasteiger partial charge in [0, 0.05) is 38.6 Å². The number of fused-ring (bicyclic) bond motifs is 1. The van der Waals surface area contributed by atoms with Crippen LogP contribution in [0.4, 0.5) is 15.8 Å². The van der Waals surface area contributed by atoms with Crippen molar-refractivity contribution in [3.63, 3.8) is 0 Å². The van der Waals surface area contributed by atoms with E-state index in [1.165, 1.54) is 22.5 Å². The van der Waals surface area contributed by atoms with Crippen LogP contribution in [0.1, 0.15) is 35.3 Å². The van der Waals surface area contributed by atoms with Gasteiger partial charge in [-0.3, -0.25) is 9.78 Å². The molecule has 9 heteroatoms. The molecule has 1 aliphatic heterocycles. The highest BCUT2D eigenvalue weighted by atomic mass is 32.2. The van der Waals surface area contributed by atoms with E-state index in [1.54, 1.807) is 36.1 Å². The van der Waals surface area contributed by atoms with Gasteiger partial charge in [0.15, 0.2) is 0 Å². The molecule has 0 radical (unpaired) electrons. The van der Waals surface area contributed by atoms with Crippen molar-refractivity contribution in [1.29, 1.82) is 0 Å². The van der Waals surface area contributed by atoms with Gasteiger partial charge in [-0.25, -0.2) is 12.8 Å². The van der Waals surface area contributed by atoms with Crippen molar-refractivity contribution in [3.05, 3.63) is 59.5 Å². The molecule has 0 bridgehead atoms. The zero-order valence-corrected chi connectivity index (χ0v) is 19.7. The predicted octanol–water partition coefficient (Wildman–Crippen LogP) is 4.18. The molecule has 7 nitrogen and oxygen atoms in total. The number of hydrogen-bond donors (Lipinski definition) is 1. The number of pyridine rings is 1. The van der Waals surface area contributed by atoms with Crippen LogP contribution in [0.15, 0.2) is 47.4 Å². The summed E-state index contributed by atoms with van der Waals surface area (Å²) < 4.78 is 41.4. The molecule has 0 saturated carbocycles. The summed E-state index contributed by atoms with van der Waals surface area (Å²) in [6.07, 6.45) is 2.71. The van der Waals surface area contributed by atoms with E-state index in [1.807, 2.05) is 14.1 Å². The second-order valence-electron chi connectivity index (χ2n) is 8.45. The van der Waals surface area contributed by atoms with E-state index in [0.717, 1.165) is 19.3 Å². The largest absolute Gasteiger partial charge is 0.376 e. The standard InChI is InChI=1S/C24H27FN4O3S/c1-16-20(13-17-7-8-18(25)14-21(17)26-16)24(30)27-22-15-19(9-10-23(22)28(2)3)33(31,32)29-11-5-4-6-12-29/h7-10,13-15H,4-6,11-12H2,1-3H3,(H,27,30). The Morgan fingerprint density at radius 1 is 1.06 bits per heavy atom. The normalized spacial score (nSPS) is 14.9. The van der Waals surface area contributed by atoms with Crippen LogP contribution in [-0.4, -0.2) is 50.8 Å². The van der Waals surface area contributed by atoms with Crippen molar-refractivity contribution in [2.45, 2.75) is 31.1 Å². The number of carbonyl (C=O) groups is 1. The average molecular weight is 471 g/mol. The molecule has 2 aromatic carbocycles. The van der Waals surface area contributed by atoms with Gasteiger partial charge in [-0.1, -0.05) is 6.42 Å². The van der Waals surface area contributed by atoms with Crippen LogP contribution < -0.4 is 10.2 Å². The average Bonchev–Trinajstić information content (AvgIpc) is 2.78. The minimum absolute atomic E-state index is 0.147. The number of amides is 1. The van der Waals surface area contributed by atoms with Crippen molar-refractivity contribution in [2.75, 3.05) is 37.4 Å². The fourth-order valence-electron chi connectivity index (χ4n) is 4.08. The number of aromatic nitrogens is 1. The molecule has 1 aliphatic rings. The Hall–Kier alpha value is -3.04. The van der Waals surface area contributed by atoms with Crippen molar-refractivity contribution < 1.29 is 17.6 Å². The molecule has 1 amide bonds. The van der Waals surface area contributed by atoms with Crippen LogP contribution >= 0.6 is 0 Å². The van der Waals surface area contributed by atoms with Gasteiger partial charge >= 0.3 is 0 Å². The number of nitrogens with zero attached hydrogens (tertiary/aromatic N) is 3. The second-order valence-corrected chi connectivity index (χ2v) is 10.4. The third kappa shape index (κ3) is 4.69. The van der Waals surface area contributed by atoms with Crippen LogP contribution in [0.25, 0.3) is 10.9 Å². The number of hydrogen-bond acceptors (Lipinski definition) is 5. The molecule has 1 aromatic heterocycles. The summed E-state index contributed by atoms with van der Waals surface area (Å²) >= 11 is 0. The van der Waals surface area contributed by atoms with Crippen molar-refractivity contribution >= 4 is 38.2 Å². The topological polar surface area (TPSA) is 82.6 Å². The summed E-state index contributed by atoms with van der Waals surface area (Å²) in [6, 6.07) is 10.7. The third-order valence-electron chi connectivity index (χ3n) is 5.87. The Balaban J connectivity index is 1.70. The van der Waals surface area contributed by atoms with Gasteiger partial charge in [0.25, 0.3) is 5.91 Å². The van der Waals surface area contributed by atoms with Gasteiger partial charge < -0.3 is 10.2 Å². The third-order valence-corrected chi connectivity index (χ3v) is 7.76. The van der Waals surface area contributed by atoms with E-state index in [2.05, 4.69) is 10.3 Å². The lowest BCUT2D eigenvalue weighted by molar-refractivity contribution is 0.102. The Bertz CT molecular complexity index is 1320. The molecule has 4 rings (SSSR count). The number of halogens is 1. The van der Waals surface area contributed by atoms with Gasteiger partial charge in [-0.05, 0) is 56.2 Å². The number of piperidine rings is 1. The maximum atomic E-state index is 13.5. The van der Waals surface area contributed by atoms with Crippen LogP contribution in [0.2, 0.25) is 0 Å². The van der Waals surface area contributed by atoms with Gasteiger partial charge in [0.1, 0.15) is 5.82 Å². The van der Waals surface area contributed by atoms with Crippen molar-refractivity contribution in [3.8, 4) is 0 Å². The first-order valence-corrected chi connectivity index (χ1v) is 12.3. The van der Waals surface area contributed by atoms with E-state index in [-0.39, 0.29) is 4.90 Å². The summed E-state index contributed by atoms with van der Waals surface area (Å²) in [6.45, 7) is 2.69. The molecule has 0 unspecified atom stereocenters. The fraction of sp³-hybridized carbons (Fsp3) is 0.333. The minimum Gasteiger partial charge on any atom is -0.376 e. The Morgan fingerprint density at radius 3 is 2.48 bits per heavy atom. The molecule has 3 aromatic rings. The maximum Gasteiger partial charge on any atom is 0.257 e. The summed E-state index contributed by atoms with van der Waals surface area (Å²) in [4.78, 5) is 19.5. The van der Waals surface area contributed by atoms with Crippen molar-refractivity contribution in [2.24, 2.45) is 0 Å². The van der Waals surface area contributed by atoms with E-state index in [0.29, 0.717) is 46.6 Å². The first kappa shape index (κ1) is 23.1. The molecule has 1 fully saturated rings. The highest BCUT2D eigenvalue weighted by Gasteiger charge is 2.27. The van der Waals surface area contributed by atoms with E-state index < -0.39 is 21.7 Å². The molecule has 0 spiro atoms. The van der Waals surface area contributed by atoms with Crippen molar-refractivity contribution in [1.82, 2.24) is 9.29 Å². The van der Waals surface area contributed by atoms with Gasteiger partial charge in [0.2, 0.25) is 10.0 Å². The molecule has 33 heavy (non-hydrogen) atoms. The molecular weight excluding hydrogens is 443 g/mol. The monoisotopic (exact) mass is 470 g/mol. The number of anilines is 2. The first-order valence-electron chi connectivity index (χ1n) is 10.9. The lowest BCUT2D eigenvalue weighted by Crippen LogP contribution is -2.35. The zero-order chi connectivity index (χ0) is 23.8. The van der Waals surface area contributed by atoms with Crippen LogP contribution in [0, 0.1) is 12.7 Å². The van der Waals surface area contributed by atoms with Gasteiger partial charge in [-0.2, -0.15) is 4.31 Å². The molecular formula is C24H27FN4O3S. The summed E-state index contributed by atoms with van der Waals surface area (Å²) in [5.74, 6) is -0.809. The predicted molar refractivity (Wildman–Crippen MR) is 128 cm³/mol. The maximum absolute atomic E-state index is 13.5. The molecule has 0 aliphatic carbocycles. The first-order chi connectivity index (χ1) is 15.7. The molecule has 2 heterocycles. The minimum atomic E-state index is -3.65. The Morgan fingerprint density at radius 2 is 1.79 bits per heavy atom. The molecule has 1 N–H and O–H groups in total. The number of sulfonamides is 1. The van der Waals surface area contributed by atoms with E-state index >= 15 is 0 Å². The zero-order valence-electron chi connectivity index (χ0n) is 18.9. The quantitative estimate of drug-likeness (QED) is 0.605. The van der Waals surface area contributed by atoms with Gasteiger partial charge in [-0.15, -0.1) is 0 Å². The van der Waals surface area contributed by atoms with Crippen LogP contribution in [-0.2, 0) is 10.0 Å². The van der Waals surface area contributed by atoms with E-state index in [9.17, 15) is 17.6 Å². The highest BCUT2D eigenvalue weighted by Crippen LogP contribution is 2.31. The Labute approximate surface area is 193 Å². The summed E-state index contributed by atoms with van der Waals surface area (Å²) in [5, 5.41) is 3.50. The number of carbonyl (C=O) groups excluding carboxylic acids is 1. The number of aryl methyl sites for hydroxylation is 1. The SMILES string of the molecule is Cc1nc2cc(F)ccc2cc1C(=O)Nc1cc(S(=O)(=O)N2CCCCC2)ccc1N(C)C. The number of rotatable bonds is 5. The van der Waals surface area contributed by atoms with Crippen LogP contribution in [0.5, 0.6) is 0 Å². The van der Waals surface area contributed by atoms with Gasteiger partial charge in [0.05, 0.1) is 33.0 Å². The number of nitrogens with one attached hydrogen (secondary N) is 1. The lowest BCUT2D eigenvalue weighted by atomic mass is 10.1. The van der Waals surface area contributed by atoms with Crippen LogP contribution in [0.3, 0.4) is 0 Å². The fourth-order valence-corrected chi connectivity index (χ4v) is 5.62. The summed E-state index contributed by atoms with van der Waals surface area (Å²) in [7, 11) is -0.0116. The molecule has 174 valence electrons. The molecule has 1 saturated heterocycles. The molecule has 0 atom stereocenters. The lowest BCUT2D eigenvalue weighted by Gasteiger charge is -2.26. The number of benzene rings is 2. The smallest absolute Gasteiger partial charge is 0.257 e. The Kier molecular flexibility index (Phi) is 6.36.